The van der Waals surface area contributed by atoms with Crippen molar-refractivity contribution >= 4 is 22.2 Å². The summed E-state index contributed by atoms with van der Waals surface area (Å²) in [5, 5.41) is 0. The molecule has 0 aliphatic heterocycles. The van der Waals surface area contributed by atoms with Gasteiger partial charge >= 0.3 is 11.9 Å². The van der Waals surface area contributed by atoms with Gasteiger partial charge in [-0.1, -0.05) is 0 Å². The topological polar surface area (TPSA) is 69.8 Å². The summed E-state index contributed by atoms with van der Waals surface area (Å²) in [7, 11) is 2.68. The van der Waals surface area contributed by atoms with Gasteiger partial charge in [-0.25, -0.2) is 14.8 Å². The van der Waals surface area contributed by atoms with Crippen LogP contribution in [0.1, 0.15) is 5.56 Å². The predicted molar refractivity (Wildman–Crippen MR) is 72.5 cm³/mol. The molecule has 3 rings (SSSR count). The van der Waals surface area contributed by atoms with Crippen LogP contribution in [0.25, 0.3) is 22.2 Å². The van der Waals surface area contributed by atoms with Gasteiger partial charge in [-0.15, -0.1) is 0 Å². The van der Waals surface area contributed by atoms with Crippen molar-refractivity contribution in [3.8, 4) is 0 Å². The number of nitrogens with zero attached hydrogens (tertiary/aromatic N) is 4. The van der Waals surface area contributed by atoms with Crippen LogP contribution in [0, 0.1) is 0 Å². The first-order valence-corrected chi connectivity index (χ1v) is 6.15. The number of rotatable bonds is 0. The SMILES string of the molecule is Cn1c(=O)c2nc3cc(C(F)(F)F)ccc3nc2n(C)c1=O. The molecule has 0 aliphatic rings. The molecule has 22 heavy (non-hydrogen) atoms. The monoisotopic (exact) mass is 310 g/mol. The number of hydrogen-bond donors (Lipinski definition) is 0. The highest BCUT2D eigenvalue weighted by Gasteiger charge is 2.30. The Labute approximate surface area is 120 Å². The van der Waals surface area contributed by atoms with Crippen LogP contribution in [0.15, 0.2) is 27.8 Å². The van der Waals surface area contributed by atoms with Crippen molar-refractivity contribution in [3.63, 3.8) is 0 Å². The zero-order valence-corrected chi connectivity index (χ0v) is 11.5. The van der Waals surface area contributed by atoms with Crippen molar-refractivity contribution in [2.24, 2.45) is 14.1 Å². The summed E-state index contributed by atoms with van der Waals surface area (Å²) in [6, 6.07) is 2.86. The highest BCUT2D eigenvalue weighted by atomic mass is 19.4. The number of aryl methyl sites for hydroxylation is 1. The first-order valence-electron chi connectivity index (χ1n) is 6.15. The van der Waals surface area contributed by atoms with Crippen LogP contribution in [0.3, 0.4) is 0 Å². The smallest absolute Gasteiger partial charge is 0.279 e. The van der Waals surface area contributed by atoms with E-state index in [1.165, 1.54) is 14.1 Å². The van der Waals surface area contributed by atoms with Crippen LogP contribution >= 0.6 is 0 Å². The molecule has 2 aromatic heterocycles. The summed E-state index contributed by atoms with van der Waals surface area (Å²) in [5.74, 6) is 0. The molecule has 2 heterocycles. The number of fused-ring (bicyclic) bond motifs is 2. The molecule has 0 saturated carbocycles. The largest absolute Gasteiger partial charge is 0.416 e. The van der Waals surface area contributed by atoms with Crippen molar-refractivity contribution in [2.75, 3.05) is 0 Å². The molecule has 0 N–H and O–H groups in total. The lowest BCUT2D eigenvalue weighted by Gasteiger charge is -2.09. The van der Waals surface area contributed by atoms with Gasteiger partial charge in [-0.3, -0.25) is 13.9 Å². The maximum atomic E-state index is 12.7. The number of hydrogen-bond acceptors (Lipinski definition) is 4. The second-order valence-corrected chi connectivity index (χ2v) is 4.80. The fraction of sp³-hybridized carbons (Fsp3) is 0.231. The quantitative estimate of drug-likeness (QED) is 0.585. The molecule has 0 bridgehead atoms. The average molecular weight is 310 g/mol. The van der Waals surface area contributed by atoms with Gasteiger partial charge in [0.15, 0.2) is 11.2 Å². The Morgan fingerprint density at radius 1 is 1.00 bits per heavy atom. The molecule has 6 nitrogen and oxygen atoms in total. The van der Waals surface area contributed by atoms with Crippen molar-refractivity contribution in [2.45, 2.75) is 6.18 Å². The zero-order chi connectivity index (χ0) is 16.2. The fourth-order valence-electron chi connectivity index (χ4n) is 2.16. The minimum atomic E-state index is -4.51. The molecule has 0 spiro atoms. The molecule has 0 aliphatic carbocycles. The summed E-state index contributed by atoms with van der Waals surface area (Å²) in [6.07, 6.45) is -4.51. The van der Waals surface area contributed by atoms with Gasteiger partial charge in [0, 0.05) is 14.1 Å². The predicted octanol–water partition coefficient (Wildman–Crippen LogP) is 1.20. The van der Waals surface area contributed by atoms with Gasteiger partial charge in [-0.2, -0.15) is 13.2 Å². The van der Waals surface area contributed by atoms with E-state index in [1.54, 1.807) is 0 Å². The normalized spacial score (nSPS) is 12.2. The Balaban J connectivity index is 2.47. The van der Waals surface area contributed by atoms with Gasteiger partial charge in [-0.05, 0) is 18.2 Å². The van der Waals surface area contributed by atoms with Crippen molar-refractivity contribution in [3.05, 3.63) is 44.6 Å². The molecule has 0 saturated heterocycles. The second kappa shape index (κ2) is 4.39. The average Bonchev–Trinajstić information content (AvgIpc) is 2.48. The van der Waals surface area contributed by atoms with Crippen LogP contribution in [-0.4, -0.2) is 19.1 Å². The maximum absolute atomic E-state index is 12.7. The van der Waals surface area contributed by atoms with Gasteiger partial charge in [0.25, 0.3) is 5.56 Å². The highest BCUT2D eigenvalue weighted by Crippen LogP contribution is 2.30. The standard InChI is InChI=1S/C13H9F3N4O2/c1-19-10-9(11(21)20(2)12(19)22)17-8-5-6(13(14,15)16)3-4-7(8)18-10/h3-5H,1-2H3. The zero-order valence-electron chi connectivity index (χ0n) is 11.5. The minimum absolute atomic E-state index is 0.0281. The van der Waals surface area contributed by atoms with E-state index in [-0.39, 0.29) is 22.2 Å². The van der Waals surface area contributed by atoms with E-state index in [9.17, 15) is 22.8 Å². The van der Waals surface area contributed by atoms with Crippen LogP contribution in [-0.2, 0) is 20.3 Å². The molecular formula is C13H9F3N4O2. The van der Waals surface area contributed by atoms with E-state index in [2.05, 4.69) is 9.97 Å². The Kier molecular flexibility index (Phi) is 2.84. The van der Waals surface area contributed by atoms with Crippen molar-refractivity contribution in [1.82, 2.24) is 19.1 Å². The van der Waals surface area contributed by atoms with Crippen LogP contribution in [0.4, 0.5) is 13.2 Å². The van der Waals surface area contributed by atoms with E-state index in [0.717, 1.165) is 27.3 Å². The van der Waals surface area contributed by atoms with E-state index >= 15 is 0 Å². The van der Waals surface area contributed by atoms with Gasteiger partial charge in [0.2, 0.25) is 0 Å². The Bertz CT molecular complexity index is 1030. The summed E-state index contributed by atoms with van der Waals surface area (Å²) in [4.78, 5) is 31.9. The molecule has 9 heteroatoms. The maximum Gasteiger partial charge on any atom is 0.416 e. The molecule has 114 valence electrons. The minimum Gasteiger partial charge on any atom is -0.279 e. The Morgan fingerprint density at radius 2 is 1.68 bits per heavy atom. The molecular weight excluding hydrogens is 301 g/mol. The number of halogens is 3. The van der Waals surface area contributed by atoms with Crippen LogP contribution in [0.2, 0.25) is 0 Å². The summed E-state index contributed by atoms with van der Waals surface area (Å²) >= 11 is 0. The van der Waals surface area contributed by atoms with E-state index in [1.807, 2.05) is 0 Å². The third kappa shape index (κ3) is 1.97. The molecule has 0 unspecified atom stereocenters. The van der Waals surface area contributed by atoms with E-state index < -0.39 is 23.0 Å². The fourth-order valence-corrected chi connectivity index (χ4v) is 2.16. The van der Waals surface area contributed by atoms with Crippen molar-refractivity contribution in [1.29, 1.82) is 0 Å². The third-order valence-electron chi connectivity index (χ3n) is 3.37. The summed E-state index contributed by atoms with van der Waals surface area (Å²) in [5.41, 5.74) is -2.18. The molecule has 0 fully saturated rings. The summed E-state index contributed by atoms with van der Waals surface area (Å²) in [6.45, 7) is 0. The Morgan fingerprint density at radius 3 is 2.32 bits per heavy atom. The first-order chi connectivity index (χ1) is 10.2. The summed E-state index contributed by atoms with van der Waals surface area (Å²) < 4.78 is 40.1. The van der Waals surface area contributed by atoms with E-state index in [0.29, 0.717) is 0 Å². The molecule has 3 aromatic rings. The van der Waals surface area contributed by atoms with Crippen LogP contribution < -0.4 is 11.2 Å². The number of alkyl halides is 3. The number of aromatic nitrogens is 4. The number of benzene rings is 1. The first kappa shape index (κ1) is 14.2. The molecule has 0 amide bonds. The van der Waals surface area contributed by atoms with E-state index in [4.69, 9.17) is 0 Å². The molecule has 1 aromatic carbocycles. The lowest BCUT2D eigenvalue weighted by Crippen LogP contribution is -2.37. The molecule has 0 radical (unpaired) electrons. The van der Waals surface area contributed by atoms with Crippen molar-refractivity contribution < 1.29 is 13.2 Å². The highest BCUT2D eigenvalue weighted by molar-refractivity contribution is 5.84. The van der Waals surface area contributed by atoms with Gasteiger partial charge in [0.05, 0.1) is 16.6 Å². The Hall–Kier alpha value is -2.71. The third-order valence-corrected chi connectivity index (χ3v) is 3.37. The lowest BCUT2D eigenvalue weighted by molar-refractivity contribution is -0.137. The van der Waals surface area contributed by atoms with Gasteiger partial charge < -0.3 is 0 Å². The molecule has 0 atom stereocenters. The lowest BCUT2D eigenvalue weighted by atomic mass is 10.2. The van der Waals surface area contributed by atoms with Gasteiger partial charge in [0.1, 0.15) is 0 Å². The van der Waals surface area contributed by atoms with Crippen LogP contribution in [0.5, 0.6) is 0 Å². The second-order valence-electron chi connectivity index (χ2n) is 4.80.